The number of alkyl halides is 5. The first kappa shape index (κ1) is 34.9. The standard InChI is InChI=1S/C34H33F5N4O4/c1-33(2,3)47-32(46)27(21-10-5-4-6-11-21)23(15-16-34(37,38)39)30(44)41-25-19-43(22-12-7-9-20(17-22)18-40)26-14-8-13-24(29(35)36)28(26)42-31(25)45/h4-14,17,23,25,27,29H,15-16,19H2,1-3H3,(H,41,44)(H,42,45). The van der Waals surface area contributed by atoms with E-state index < -0.39 is 72.3 Å². The van der Waals surface area contributed by atoms with Crippen LogP contribution >= 0.6 is 0 Å². The Morgan fingerprint density at radius 2 is 1.72 bits per heavy atom. The van der Waals surface area contributed by atoms with Crippen molar-refractivity contribution in [3.05, 3.63) is 89.5 Å². The van der Waals surface area contributed by atoms with E-state index in [-0.39, 0.29) is 29.0 Å². The van der Waals surface area contributed by atoms with Crippen LogP contribution < -0.4 is 15.5 Å². The van der Waals surface area contributed by atoms with Crippen molar-refractivity contribution < 1.29 is 41.1 Å². The Kier molecular flexibility index (Phi) is 10.5. The van der Waals surface area contributed by atoms with Gasteiger partial charge in [0.1, 0.15) is 11.6 Å². The number of para-hydroxylation sites is 1. The summed E-state index contributed by atoms with van der Waals surface area (Å²) in [5.41, 5.74) is -0.822. The number of carbonyl (C=O) groups excluding carboxylic acids is 3. The summed E-state index contributed by atoms with van der Waals surface area (Å²) in [6.45, 7) is 4.39. The number of rotatable bonds is 9. The zero-order valence-electron chi connectivity index (χ0n) is 25.8. The number of esters is 1. The summed E-state index contributed by atoms with van der Waals surface area (Å²) in [6.07, 6.45) is -9.89. The van der Waals surface area contributed by atoms with Gasteiger partial charge in [-0.3, -0.25) is 14.4 Å². The molecule has 1 heterocycles. The number of halogens is 5. The molecule has 248 valence electrons. The minimum absolute atomic E-state index is 0.146. The Labute approximate surface area is 268 Å². The molecule has 2 amide bonds. The van der Waals surface area contributed by atoms with Gasteiger partial charge in [0.2, 0.25) is 11.8 Å². The fraction of sp³-hybridized carbons (Fsp3) is 0.353. The quantitative estimate of drug-likeness (QED) is 0.187. The van der Waals surface area contributed by atoms with E-state index in [0.29, 0.717) is 5.69 Å². The molecular formula is C34H33F5N4O4. The molecular weight excluding hydrogens is 623 g/mol. The number of hydrogen-bond donors (Lipinski definition) is 2. The summed E-state index contributed by atoms with van der Waals surface area (Å²) in [5, 5.41) is 14.4. The lowest BCUT2D eigenvalue weighted by Crippen LogP contribution is -2.51. The zero-order valence-corrected chi connectivity index (χ0v) is 25.8. The van der Waals surface area contributed by atoms with Gasteiger partial charge in [-0.25, -0.2) is 8.78 Å². The minimum atomic E-state index is -4.68. The SMILES string of the molecule is CC(C)(C)OC(=O)C(c1ccccc1)C(CCC(F)(F)F)C(=O)NC1CN(c2cccc(C#N)c2)c2cccc(C(F)F)c2NC1=O. The lowest BCUT2D eigenvalue weighted by Gasteiger charge is -2.31. The monoisotopic (exact) mass is 656 g/mol. The molecule has 0 spiro atoms. The molecule has 1 aliphatic heterocycles. The largest absolute Gasteiger partial charge is 0.459 e. The molecule has 0 fully saturated rings. The summed E-state index contributed by atoms with van der Waals surface area (Å²) >= 11 is 0. The molecule has 2 N–H and O–H groups in total. The second-order valence-corrected chi connectivity index (χ2v) is 12.0. The Hall–Kier alpha value is -4.99. The van der Waals surface area contributed by atoms with Crippen molar-refractivity contribution in [2.24, 2.45) is 5.92 Å². The van der Waals surface area contributed by atoms with Crippen molar-refractivity contribution in [1.29, 1.82) is 5.26 Å². The van der Waals surface area contributed by atoms with Crippen LogP contribution in [0.3, 0.4) is 0 Å². The molecule has 0 aliphatic carbocycles. The fourth-order valence-electron chi connectivity index (χ4n) is 5.38. The van der Waals surface area contributed by atoms with E-state index >= 15 is 0 Å². The second kappa shape index (κ2) is 14.2. The number of anilines is 3. The molecule has 3 aromatic carbocycles. The Morgan fingerprint density at radius 3 is 2.34 bits per heavy atom. The van der Waals surface area contributed by atoms with Crippen LogP contribution in [0.5, 0.6) is 0 Å². The van der Waals surface area contributed by atoms with Crippen molar-refractivity contribution in [3.63, 3.8) is 0 Å². The van der Waals surface area contributed by atoms with E-state index in [1.807, 2.05) is 6.07 Å². The molecule has 0 bridgehead atoms. The second-order valence-electron chi connectivity index (χ2n) is 12.0. The highest BCUT2D eigenvalue weighted by atomic mass is 19.4. The van der Waals surface area contributed by atoms with Crippen LogP contribution in [0.15, 0.2) is 72.8 Å². The average Bonchev–Trinajstić information content (AvgIpc) is 3.13. The number of fused-ring (bicyclic) bond motifs is 1. The predicted molar refractivity (Wildman–Crippen MR) is 164 cm³/mol. The molecule has 0 saturated carbocycles. The van der Waals surface area contributed by atoms with Crippen LogP contribution in [-0.2, 0) is 19.1 Å². The van der Waals surface area contributed by atoms with Crippen molar-refractivity contribution in [3.8, 4) is 6.07 Å². The smallest absolute Gasteiger partial charge is 0.389 e. The van der Waals surface area contributed by atoms with Crippen LogP contribution in [0.4, 0.5) is 39.0 Å². The first-order valence-electron chi connectivity index (χ1n) is 14.7. The summed E-state index contributed by atoms with van der Waals surface area (Å²) < 4.78 is 74.3. The first-order chi connectivity index (χ1) is 22.1. The summed E-state index contributed by atoms with van der Waals surface area (Å²) in [5.74, 6) is -5.99. The van der Waals surface area contributed by atoms with Crippen molar-refractivity contribution in [2.45, 2.75) is 63.8 Å². The van der Waals surface area contributed by atoms with E-state index in [1.54, 1.807) is 51.1 Å². The molecule has 0 saturated heterocycles. The van der Waals surface area contributed by atoms with Gasteiger partial charge >= 0.3 is 12.1 Å². The number of benzene rings is 3. The fourth-order valence-corrected chi connectivity index (χ4v) is 5.38. The van der Waals surface area contributed by atoms with Gasteiger partial charge in [-0.15, -0.1) is 0 Å². The van der Waals surface area contributed by atoms with Crippen LogP contribution in [0.2, 0.25) is 0 Å². The van der Waals surface area contributed by atoms with Gasteiger partial charge in [0.25, 0.3) is 6.43 Å². The molecule has 13 heteroatoms. The molecule has 8 nitrogen and oxygen atoms in total. The van der Waals surface area contributed by atoms with E-state index in [2.05, 4.69) is 10.6 Å². The van der Waals surface area contributed by atoms with E-state index in [1.165, 1.54) is 41.3 Å². The third kappa shape index (κ3) is 8.84. The summed E-state index contributed by atoms with van der Waals surface area (Å²) in [7, 11) is 0. The maximum Gasteiger partial charge on any atom is 0.389 e. The van der Waals surface area contributed by atoms with E-state index in [4.69, 9.17) is 4.74 Å². The first-order valence-corrected chi connectivity index (χ1v) is 14.7. The zero-order chi connectivity index (χ0) is 34.5. The molecule has 3 atom stereocenters. The van der Waals surface area contributed by atoms with Gasteiger partial charge < -0.3 is 20.3 Å². The van der Waals surface area contributed by atoms with Gasteiger partial charge in [0, 0.05) is 17.7 Å². The number of nitrogens with one attached hydrogen (secondary N) is 2. The Morgan fingerprint density at radius 1 is 1.04 bits per heavy atom. The minimum Gasteiger partial charge on any atom is -0.459 e. The van der Waals surface area contributed by atoms with Gasteiger partial charge in [0.05, 0.1) is 41.4 Å². The van der Waals surface area contributed by atoms with Crippen LogP contribution in [0.1, 0.15) is 62.6 Å². The van der Waals surface area contributed by atoms with Crippen molar-refractivity contribution in [2.75, 3.05) is 16.8 Å². The molecule has 0 aromatic heterocycles. The molecule has 0 radical (unpaired) electrons. The van der Waals surface area contributed by atoms with Crippen molar-refractivity contribution >= 4 is 34.8 Å². The summed E-state index contributed by atoms with van der Waals surface area (Å²) in [6, 6.07) is 18.3. The normalized spacial score (nSPS) is 16.3. The average molecular weight is 657 g/mol. The maximum absolute atomic E-state index is 14.1. The number of ether oxygens (including phenoxy) is 1. The molecule has 47 heavy (non-hydrogen) atoms. The Bertz CT molecular complexity index is 1650. The van der Waals surface area contributed by atoms with Crippen LogP contribution in [0.25, 0.3) is 0 Å². The lowest BCUT2D eigenvalue weighted by molar-refractivity contribution is -0.162. The van der Waals surface area contributed by atoms with Gasteiger partial charge in [-0.2, -0.15) is 18.4 Å². The number of amides is 2. The highest BCUT2D eigenvalue weighted by Gasteiger charge is 2.42. The number of hydrogen-bond acceptors (Lipinski definition) is 6. The Balaban J connectivity index is 1.77. The topological polar surface area (TPSA) is 112 Å². The van der Waals surface area contributed by atoms with Crippen LogP contribution in [0, 0.1) is 17.2 Å². The van der Waals surface area contributed by atoms with E-state index in [9.17, 15) is 41.6 Å². The number of nitrogens with zero attached hydrogens (tertiary/aromatic N) is 2. The molecule has 4 rings (SSSR count). The maximum atomic E-state index is 14.1. The van der Waals surface area contributed by atoms with Gasteiger partial charge in [0.15, 0.2) is 0 Å². The van der Waals surface area contributed by atoms with Crippen molar-refractivity contribution in [1.82, 2.24) is 5.32 Å². The van der Waals surface area contributed by atoms with Gasteiger partial charge in [-0.1, -0.05) is 48.5 Å². The number of carbonyl (C=O) groups is 3. The van der Waals surface area contributed by atoms with Crippen LogP contribution in [-0.4, -0.2) is 42.1 Å². The highest BCUT2D eigenvalue weighted by molar-refractivity contribution is 6.04. The number of nitriles is 1. The molecule has 1 aliphatic rings. The van der Waals surface area contributed by atoms with Gasteiger partial charge in [-0.05, 0) is 57.0 Å². The third-order valence-electron chi connectivity index (χ3n) is 7.43. The van der Waals surface area contributed by atoms with E-state index in [0.717, 1.165) is 6.07 Å². The summed E-state index contributed by atoms with van der Waals surface area (Å²) in [4.78, 5) is 42.6. The predicted octanol–water partition coefficient (Wildman–Crippen LogP) is 7.16. The lowest BCUT2D eigenvalue weighted by atomic mass is 9.82. The third-order valence-corrected chi connectivity index (χ3v) is 7.43. The molecule has 3 unspecified atom stereocenters. The highest BCUT2D eigenvalue weighted by Crippen LogP contribution is 2.41. The molecule has 3 aromatic rings.